The molecule has 1 atom stereocenters. The topological polar surface area (TPSA) is 35.5 Å². The van der Waals surface area contributed by atoms with Gasteiger partial charge in [-0.2, -0.15) is 0 Å². The van der Waals surface area contributed by atoms with Gasteiger partial charge in [0, 0.05) is 6.08 Å². The largest absolute Gasteiger partial charge is 0.463 e. The van der Waals surface area contributed by atoms with Gasteiger partial charge in [0.15, 0.2) is 0 Å². The normalized spacial score (nSPS) is 12.0. The number of carbonyl (C=O) groups is 1. The number of carbonyl (C=O) groups excluding carboxylic acids is 1. The molecular weight excluding hydrogens is 232 g/mol. The van der Waals surface area contributed by atoms with E-state index in [2.05, 4.69) is 18.7 Å². The molecule has 0 fully saturated rings. The summed E-state index contributed by atoms with van der Waals surface area (Å²) in [5.41, 5.74) is 1.18. The first-order chi connectivity index (χ1) is 8.27. The van der Waals surface area contributed by atoms with E-state index in [0.29, 0.717) is 17.1 Å². The van der Waals surface area contributed by atoms with Gasteiger partial charge in [-0.15, -0.1) is 0 Å². The molecule has 3 nitrogen and oxygen atoms in total. The second-order valence-electron chi connectivity index (χ2n) is 3.65. The minimum absolute atomic E-state index is 0.116. The van der Waals surface area contributed by atoms with E-state index in [1.165, 1.54) is 11.6 Å². The fourth-order valence-electron chi connectivity index (χ4n) is 1.59. The summed E-state index contributed by atoms with van der Waals surface area (Å²) in [6.45, 7) is 3.76. The van der Waals surface area contributed by atoms with E-state index in [-0.39, 0.29) is 12.1 Å². The average molecular weight is 250 g/mol. The molecule has 0 aliphatic rings. The monoisotopic (exact) mass is 250 g/mol. The van der Waals surface area contributed by atoms with Crippen LogP contribution in [0.1, 0.15) is 24.5 Å². The molecule has 0 N–H and O–H groups in total. The predicted octanol–water partition coefficient (Wildman–Crippen LogP) is 1.53. The third-order valence-corrected chi connectivity index (χ3v) is 3.05. The molecule has 0 radical (unpaired) electrons. The number of esters is 1. The second-order valence-corrected chi connectivity index (χ2v) is 4.12. The van der Waals surface area contributed by atoms with E-state index in [1.807, 2.05) is 18.2 Å². The van der Waals surface area contributed by atoms with Gasteiger partial charge in [-0.25, -0.2) is 4.79 Å². The van der Waals surface area contributed by atoms with Gasteiger partial charge in [0.2, 0.25) is 0 Å². The number of hydrogen-bond donors (Lipinski definition) is 0. The zero-order valence-electron chi connectivity index (χ0n) is 10.1. The Morgan fingerprint density at radius 3 is 2.71 bits per heavy atom. The van der Waals surface area contributed by atoms with Crippen molar-refractivity contribution < 1.29 is 14.0 Å². The molecule has 0 saturated heterocycles. The third-order valence-electron chi connectivity index (χ3n) is 2.48. The molecule has 0 spiro atoms. The van der Waals surface area contributed by atoms with Crippen LogP contribution in [0.2, 0.25) is 0 Å². The molecule has 0 aliphatic heterocycles. The molecular formula is C13H18O3Si. The van der Waals surface area contributed by atoms with E-state index < -0.39 is 0 Å². The maximum Gasteiger partial charge on any atom is 0.330 e. The van der Waals surface area contributed by atoms with Crippen LogP contribution in [0.3, 0.4) is 0 Å². The highest BCUT2D eigenvalue weighted by atomic mass is 28.2. The van der Waals surface area contributed by atoms with Crippen molar-refractivity contribution in [3.05, 3.63) is 48.6 Å². The summed E-state index contributed by atoms with van der Waals surface area (Å²) in [5.74, 6) is -0.368. The van der Waals surface area contributed by atoms with Crippen molar-refractivity contribution in [3.63, 3.8) is 0 Å². The van der Waals surface area contributed by atoms with Gasteiger partial charge in [0.1, 0.15) is 10.5 Å². The molecule has 1 unspecified atom stereocenters. The molecule has 1 rings (SSSR count). The lowest BCUT2D eigenvalue weighted by molar-refractivity contribution is -0.137. The van der Waals surface area contributed by atoms with E-state index in [1.54, 1.807) is 0 Å². The maximum absolute atomic E-state index is 10.8. The summed E-state index contributed by atoms with van der Waals surface area (Å²) in [5, 5.41) is 0. The first kappa shape index (κ1) is 13.7. The molecule has 0 amide bonds. The Kier molecular flexibility index (Phi) is 6.28. The molecule has 17 heavy (non-hydrogen) atoms. The van der Waals surface area contributed by atoms with E-state index in [9.17, 15) is 4.79 Å². The van der Waals surface area contributed by atoms with Crippen LogP contribution in [0, 0.1) is 0 Å². The van der Waals surface area contributed by atoms with Crippen molar-refractivity contribution in [2.75, 3.05) is 6.61 Å². The fourth-order valence-corrected chi connectivity index (χ4v) is 2.10. The summed E-state index contributed by atoms with van der Waals surface area (Å²) in [7, 11) is 0.699. The van der Waals surface area contributed by atoms with Gasteiger partial charge < -0.3 is 9.16 Å². The van der Waals surface area contributed by atoms with Crippen LogP contribution in [0.4, 0.5) is 0 Å². The van der Waals surface area contributed by atoms with Crippen molar-refractivity contribution in [3.8, 4) is 0 Å². The van der Waals surface area contributed by atoms with Crippen molar-refractivity contribution >= 4 is 16.5 Å². The quantitative estimate of drug-likeness (QED) is 0.319. The standard InChI is InChI=1S/C13H18O3Si/c1-2-13(14)15-10-6-9-12(16-17)11-7-4-3-5-8-11/h2-5,7-8,12H,1,6,9-10H2,17H3. The number of rotatable bonds is 7. The molecule has 0 aromatic heterocycles. The van der Waals surface area contributed by atoms with Crippen molar-refractivity contribution in [1.29, 1.82) is 0 Å². The van der Waals surface area contributed by atoms with E-state index in [4.69, 9.17) is 9.16 Å². The first-order valence-electron chi connectivity index (χ1n) is 5.65. The Balaban J connectivity index is 2.33. The van der Waals surface area contributed by atoms with Crippen LogP contribution in [-0.2, 0) is 14.0 Å². The van der Waals surface area contributed by atoms with Crippen LogP contribution in [0.15, 0.2) is 43.0 Å². The lowest BCUT2D eigenvalue weighted by Gasteiger charge is -2.16. The van der Waals surface area contributed by atoms with Gasteiger partial charge in [0.25, 0.3) is 0 Å². The summed E-state index contributed by atoms with van der Waals surface area (Å²) in [6, 6.07) is 10.1. The van der Waals surface area contributed by atoms with Crippen LogP contribution in [0.5, 0.6) is 0 Å². The third kappa shape index (κ3) is 4.97. The Morgan fingerprint density at radius 1 is 1.41 bits per heavy atom. The van der Waals surface area contributed by atoms with Gasteiger partial charge in [0.05, 0.1) is 12.7 Å². The average Bonchev–Trinajstić information content (AvgIpc) is 2.39. The molecule has 0 aliphatic carbocycles. The van der Waals surface area contributed by atoms with Gasteiger partial charge in [-0.3, -0.25) is 0 Å². The first-order valence-corrected chi connectivity index (χ1v) is 6.46. The summed E-state index contributed by atoms with van der Waals surface area (Å²) in [4.78, 5) is 10.8. The molecule has 0 heterocycles. The minimum atomic E-state index is -0.368. The fraction of sp³-hybridized carbons (Fsp3) is 0.308. The number of benzene rings is 1. The molecule has 92 valence electrons. The Labute approximate surface area is 105 Å². The Hall–Kier alpha value is -1.39. The smallest absolute Gasteiger partial charge is 0.330 e. The number of hydrogen-bond acceptors (Lipinski definition) is 3. The zero-order chi connectivity index (χ0) is 12.5. The predicted molar refractivity (Wildman–Crippen MR) is 70.6 cm³/mol. The lowest BCUT2D eigenvalue weighted by Crippen LogP contribution is -2.06. The molecule has 4 heteroatoms. The van der Waals surface area contributed by atoms with Crippen LogP contribution < -0.4 is 0 Å². The highest BCUT2D eigenvalue weighted by Gasteiger charge is 2.09. The van der Waals surface area contributed by atoms with E-state index >= 15 is 0 Å². The summed E-state index contributed by atoms with van der Waals surface area (Å²) in [6.07, 6.45) is 2.95. The van der Waals surface area contributed by atoms with Crippen LogP contribution in [0.25, 0.3) is 0 Å². The van der Waals surface area contributed by atoms with Gasteiger partial charge in [-0.05, 0) is 18.4 Å². The second kappa shape index (κ2) is 7.81. The maximum atomic E-state index is 10.8. The van der Waals surface area contributed by atoms with Gasteiger partial charge >= 0.3 is 5.97 Å². The van der Waals surface area contributed by atoms with E-state index in [0.717, 1.165) is 12.8 Å². The Morgan fingerprint density at radius 2 is 2.12 bits per heavy atom. The highest BCUT2D eigenvalue weighted by molar-refractivity contribution is 5.98. The summed E-state index contributed by atoms with van der Waals surface area (Å²) < 4.78 is 10.5. The SMILES string of the molecule is C=CC(=O)OCCCC(O[SiH3])c1ccccc1. The van der Waals surface area contributed by atoms with Gasteiger partial charge in [-0.1, -0.05) is 36.9 Å². The molecule has 0 saturated carbocycles. The number of ether oxygens (including phenoxy) is 1. The molecule has 1 aromatic rings. The highest BCUT2D eigenvalue weighted by Crippen LogP contribution is 2.21. The van der Waals surface area contributed by atoms with Crippen LogP contribution >= 0.6 is 0 Å². The lowest BCUT2D eigenvalue weighted by atomic mass is 10.1. The Bertz CT molecular complexity index is 351. The van der Waals surface area contributed by atoms with Crippen molar-refractivity contribution in [2.24, 2.45) is 0 Å². The van der Waals surface area contributed by atoms with Crippen LogP contribution in [-0.4, -0.2) is 23.1 Å². The molecule has 0 bridgehead atoms. The minimum Gasteiger partial charge on any atom is -0.463 e. The zero-order valence-corrected chi connectivity index (χ0v) is 12.1. The molecule has 1 aromatic carbocycles. The summed E-state index contributed by atoms with van der Waals surface area (Å²) >= 11 is 0. The van der Waals surface area contributed by atoms with Crippen molar-refractivity contribution in [2.45, 2.75) is 18.9 Å². The van der Waals surface area contributed by atoms with Crippen molar-refractivity contribution in [1.82, 2.24) is 0 Å².